The van der Waals surface area contributed by atoms with Crippen molar-refractivity contribution >= 4 is 47.1 Å². The predicted molar refractivity (Wildman–Crippen MR) is 146 cm³/mol. The average Bonchev–Trinajstić information content (AvgIpc) is 2.85. The number of carbonyl (C=O) groups is 2. The van der Waals surface area contributed by atoms with Crippen LogP contribution in [0.2, 0.25) is 5.02 Å². The molecule has 1 saturated heterocycles. The number of hydrogen-bond donors (Lipinski definition) is 2. The molecular formula is C27H34ClN5O5. The van der Waals surface area contributed by atoms with E-state index in [1.807, 2.05) is 32.9 Å². The summed E-state index contributed by atoms with van der Waals surface area (Å²) in [6.45, 7) is 7.37. The van der Waals surface area contributed by atoms with Crippen LogP contribution < -0.4 is 15.4 Å². The van der Waals surface area contributed by atoms with Gasteiger partial charge in [-0.15, -0.1) is 0 Å². The molecule has 38 heavy (non-hydrogen) atoms. The fourth-order valence-electron chi connectivity index (χ4n) is 4.27. The first-order valence-corrected chi connectivity index (χ1v) is 13.1. The van der Waals surface area contributed by atoms with Crippen molar-refractivity contribution in [1.29, 1.82) is 0 Å². The van der Waals surface area contributed by atoms with E-state index in [9.17, 15) is 9.59 Å². The maximum atomic E-state index is 12.3. The first-order chi connectivity index (χ1) is 18.1. The number of esters is 1. The second kappa shape index (κ2) is 11.9. The number of anilines is 3. The van der Waals surface area contributed by atoms with Gasteiger partial charge in [0.05, 0.1) is 17.7 Å². The maximum absolute atomic E-state index is 12.3. The molecule has 0 spiro atoms. The van der Waals surface area contributed by atoms with Crippen molar-refractivity contribution in [3.05, 3.63) is 40.7 Å². The van der Waals surface area contributed by atoms with Crippen molar-refractivity contribution in [3.8, 4) is 5.75 Å². The summed E-state index contributed by atoms with van der Waals surface area (Å²) in [5, 5.41) is 7.02. The van der Waals surface area contributed by atoms with Gasteiger partial charge in [-0.25, -0.2) is 19.6 Å². The molecule has 0 bridgehead atoms. The molecule has 0 aliphatic carbocycles. The van der Waals surface area contributed by atoms with Gasteiger partial charge in [0, 0.05) is 43.7 Å². The molecule has 11 heteroatoms. The quantitative estimate of drug-likeness (QED) is 0.477. The van der Waals surface area contributed by atoms with Gasteiger partial charge in [0.25, 0.3) is 0 Å². The summed E-state index contributed by atoms with van der Waals surface area (Å²) in [5.41, 5.74) is 1.42. The Balaban J connectivity index is 1.43. The second-order valence-electron chi connectivity index (χ2n) is 10.2. The highest BCUT2D eigenvalue weighted by Crippen LogP contribution is 2.33. The van der Waals surface area contributed by atoms with Gasteiger partial charge in [-0.1, -0.05) is 11.6 Å². The SMILES string of the molecule is COC(=O)/C1=C/c2c(ncnc2Nc2ccc(OC3CCN(C(=O)OC(C)(C)C)CC3)c(Cl)c2)NCCC1. The van der Waals surface area contributed by atoms with E-state index >= 15 is 0 Å². The second-order valence-corrected chi connectivity index (χ2v) is 10.6. The highest BCUT2D eigenvalue weighted by atomic mass is 35.5. The lowest BCUT2D eigenvalue weighted by molar-refractivity contribution is -0.136. The Labute approximate surface area is 227 Å². The van der Waals surface area contributed by atoms with Crippen molar-refractivity contribution in [1.82, 2.24) is 14.9 Å². The van der Waals surface area contributed by atoms with Crippen molar-refractivity contribution in [2.45, 2.75) is 58.2 Å². The highest BCUT2D eigenvalue weighted by Gasteiger charge is 2.28. The van der Waals surface area contributed by atoms with Crippen LogP contribution in [0.25, 0.3) is 6.08 Å². The molecule has 10 nitrogen and oxygen atoms in total. The molecule has 2 aliphatic heterocycles. The normalized spacial score (nSPS) is 17.6. The van der Waals surface area contributed by atoms with E-state index in [0.717, 1.165) is 6.42 Å². The Hall–Kier alpha value is -3.53. The largest absolute Gasteiger partial charge is 0.489 e. The molecule has 0 atom stereocenters. The Morgan fingerprint density at radius 2 is 1.95 bits per heavy atom. The van der Waals surface area contributed by atoms with Crippen LogP contribution in [0, 0.1) is 0 Å². The van der Waals surface area contributed by atoms with Crippen LogP contribution in [0.4, 0.5) is 22.1 Å². The van der Waals surface area contributed by atoms with Gasteiger partial charge in [0.2, 0.25) is 0 Å². The molecule has 2 aliphatic rings. The van der Waals surface area contributed by atoms with Crippen LogP contribution in [0.15, 0.2) is 30.1 Å². The number of nitrogens with one attached hydrogen (secondary N) is 2. The molecule has 0 unspecified atom stereocenters. The minimum Gasteiger partial charge on any atom is -0.489 e. The number of rotatable bonds is 5. The van der Waals surface area contributed by atoms with Gasteiger partial charge in [-0.3, -0.25) is 0 Å². The number of carbonyl (C=O) groups excluding carboxylic acids is 2. The van der Waals surface area contributed by atoms with Crippen molar-refractivity contribution in [2.24, 2.45) is 0 Å². The zero-order valence-corrected chi connectivity index (χ0v) is 22.9. The first kappa shape index (κ1) is 27.5. The van der Waals surface area contributed by atoms with Crippen LogP contribution >= 0.6 is 11.6 Å². The number of aromatic nitrogens is 2. The summed E-state index contributed by atoms with van der Waals surface area (Å²) >= 11 is 6.57. The number of piperidine rings is 1. The molecule has 1 amide bonds. The summed E-state index contributed by atoms with van der Waals surface area (Å²) in [7, 11) is 1.37. The number of benzene rings is 1. The fourth-order valence-corrected chi connectivity index (χ4v) is 4.50. The Morgan fingerprint density at radius 1 is 1.18 bits per heavy atom. The van der Waals surface area contributed by atoms with Gasteiger partial charge in [0.15, 0.2) is 0 Å². The van der Waals surface area contributed by atoms with E-state index in [2.05, 4.69) is 20.6 Å². The molecule has 2 aromatic rings. The Kier molecular flexibility index (Phi) is 8.61. The van der Waals surface area contributed by atoms with Crippen molar-refractivity contribution in [3.63, 3.8) is 0 Å². The van der Waals surface area contributed by atoms with E-state index in [-0.39, 0.29) is 18.2 Å². The molecule has 1 fully saturated rings. The van der Waals surface area contributed by atoms with E-state index in [0.29, 0.717) is 78.1 Å². The minimum absolute atomic E-state index is 0.0560. The molecule has 4 rings (SSSR count). The first-order valence-electron chi connectivity index (χ1n) is 12.7. The molecule has 2 N–H and O–H groups in total. The van der Waals surface area contributed by atoms with E-state index in [1.165, 1.54) is 13.4 Å². The lowest BCUT2D eigenvalue weighted by atomic mass is 10.0. The van der Waals surface area contributed by atoms with Gasteiger partial charge in [-0.05, 0) is 57.9 Å². The van der Waals surface area contributed by atoms with Crippen LogP contribution in [0.3, 0.4) is 0 Å². The third-order valence-corrected chi connectivity index (χ3v) is 6.44. The highest BCUT2D eigenvalue weighted by molar-refractivity contribution is 6.32. The number of likely N-dealkylation sites (tertiary alicyclic amines) is 1. The standard InChI is InChI=1S/C27H34ClN5O5/c1-27(2,3)38-26(35)33-12-9-19(10-13-33)37-22-8-7-18(15-21(22)28)32-24-20-14-17(25(34)36-4)6-5-11-29-23(20)30-16-31-24/h7-8,14-16,19H,5-6,9-13H2,1-4H3,(H2,29,30,31,32)/b17-14+. The van der Waals surface area contributed by atoms with E-state index in [1.54, 1.807) is 17.0 Å². The Morgan fingerprint density at radius 3 is 2.63 bits per heavy atom. The molecule has 3 heterocycles. The third kappa shape index (κ3) is 7.06. The van der Waals surface area contributed by atoms with Crippen LogP contribution in [0.1, 0.15) is 52.0 Å². The molecule has 0 radical (unpaired) electrons. The monoisotopic (exact) mass is 543 g/mol. The van der Waals surface area contributed by atoms with E-state index in [4.69, 9.17) is 25.8 Å². The molecule has 0 saturated carbocycles. The van der Waals surface area contributed by atoms with E-state index < -0.39 is 5.60 Å². The summed E-state index contributed by atoms with van der Waals surface area (Å²) in [5.74, 6) is 1.37. The van der Waals surface area contributed by atoms with Gasteiger partial charge >= 0.3 is 12.1 Å². The molecule has 204 valence electrons. The molecular weight excluding hydrogens is 510 g/mol. The predicted octanol–water partition coefficient (Wildman–Crippen LogP) is 5.41. The summed E-state index contributed by atoms with van der Waals surface area (Å²) in [6, 6.07) is 5.43. The minimum atomic E-state index is -0.520. The van der Waals surface area contributed by atoms with Crippen molar-refractivity contribution < 1.29 is 23.8 Å². The smallest absolute Gasteiger partial charge is 0.410 e. The van der Waals surface area contributed by atoms with Crippen molar-refractivity contribution in [2.75, 3.05) is 37.4 Å². The van der Waals surface area contributed by atoms with Gasteiger partial charge < -0.3 is 29.7 Å². The number of ether oxygens (including phenoxy) is 3. The van der Waals surface area contributed by atoms with Crippen LogP contribution in [-0.2, 0) is 14.3 Å². The maximum Gasteiger partial charge on any atom is 0.410 e. The zero-order valence-electron chi connectivity index (χ0n) is 22.2. The average molecular weight is 544 g/mol. The van der Waals surface area contributed by atoms with Gasteiger partial charge in [-0.2, -0.15) is 0 Å². The van der Waals surface area contributed by atoms with Gasteiger partial charge in [0.1, 0.15) is 35.4 Å². The summed E-state index contributed by atoms with van der Waals surface area (Å²) in [4.78, 5) is 35.0. The van der Waals surface area contributed by atoms with Crippen LogP contribution in [-0.4, -0.2) is 65.4 Å². The lowest BCUT2D eigenvalue weighted by Gasteiger charge is -2.33. The summed E-state index contributed by atoms with van der Waals surface area (Å²) < 4.78 is 16.6. The number of hydrogen-bond acceptors (Lipinski definition) is 9. The number of amides is 1. The zero-order chi connectivity index (χ0) is 27.3. The third-order valence-electron chi connectivity index (χ3n) is 6.15. The number of fused-ring (bicyclic) bond motifs is 1. The Bertz CT molecular complexity index is 1200. The molecule has 1 aromatic carbocycles. The molecule has 1 aromatic heterocycles. The summed E-state index contributed by atoms with van der Waals surface area (Å²) in [6.07, 6.45) is 5.61. The number of halogens is 1. The topological polar surface area (TPSA) is 115 Å². The fraction of sp³-hybridized carbons (Fsp3) is 0.481. The number of nitrogens with zero attached hydrogens (tertiary/aromatic N) is 3. The lowest BCUT2D eigenvalue weighted by Crippen LogP contribution is -2.44. The van der Waals surface area contributed by atoms with Crippen LogP contribution in [0.5, 0.6) is 5.75 Å². The number of methoxy groups -OCH3 is 1.